The highest BCUT2D eigenvalue weighted by Gasteiger charge is 2.35. The van der Waals surface area contributed by atoms with Crippen molar-refractivity contribution in [3.8, 4) is 0 Å². The molecule has 8 nitrogen and oxygen atoms in total. The number of rotatable bonds is 6. The molecule has 156 valence electrons. The number of sulfonamides is 1. The van der Waals surface area contributed by atoms with Crippen LogP contribution in [-0.4, -0.2) is 55.0 Å². The minimum absolute atomic E-state index is 0.0516. The van der Waals surface area contributed by atoms with Gasteiger partial charge >= 0.3 is 0 Å². The van der Waals surface area contributed by atoms with E-state index in [0.717, 1.165) is 17.7 Å². The molecule has 0 saturated carbocycles. The van der Waals surface area contributed by atoms with Gasteiger partial charge in [-0.25, -0.2) is 8.42 Å². The third-order valence-corrected chi connectivity index (χ3v) is 7.16. The summed E-state index contributed by atoms with van der Waals surface area (Å²) in [7, 11) is -3.58. The van der Waals surface area contributed by atoms with E-state index in [1.165, 1.54) is 16.4 Å². The zero-order chi connectivity index (χ0) is 21.3. The Kier molecular flexibility index (Phi) is 5.40. The summed E-state index contributed by atoms with van der Waals surface area (Å²) < 4.78 is 26.8. The fourth-order valence-corrected chi connectivity index (χ4v) is 5.25. The largest absolute Gasteiger partial charge is 0.326 e. The number of benzene rings is 2. The molecule has 2 aliphatic heterocycles. The summed E-state index contributed by atoms with van der Waals surface area (Å²) in [6, 6.07) is 12.6. The number of fused-ring (bicyclic) bond motifs is 1. The molecule has 2 heterocycles. The maximum Gasteiger partial charge on any atom is 0.261 e. The Morgan fingerprint density at radius 2 is 1.57 bits per heavy atom. The molecule has 0 atom stereocenters. The highest BCUT2D eigenvalue weighted by atomic mass is 32.2. The number of amides is 3. The molecule has 4 rings (SSSR count). The SMILES string of the molecule is O=C(CCN1C(=O)c2ccccc2C1=O)Nc1cccc(S(=O)(=O)N2CCCC2)c1. The molecule has 2 aliphatic rings. The van der Waals surface area contributed by atoms with Gasteiger partial charge < -0.3 is 5.32 Å². The fraction of sp³-hybridized carbons (Fsp3) is 0.286. The van der Waals surface area contributed by atoms with Crippen LogP contribution in [0.15, 0.2) is 53.4 Å². The van der Waals surface area contributed by atoms with E-state index in [2.05, 4.69) is 5.32 Å². The smallest absolute Gasteiger partial charge is 0.261 e. The summed E-state index contributed by atoms with van der Waals surface area (Å²) in [5, 5.41) is 2.65. The molecule has 0 bridgehead atoms. The Hall–Kier alpha value is -3.04. The third kappa shape index (κ3) is 3.73. The molecule has 9 heteroatoms. The summed E-state index contributed by atoms with van der Waals surface area (Å²) in [6.45, 7) is 0.947. The van der Waals surface area contributed by atoms with Crippen LogP contribution in [0.3, 0.4) is 0 Å². The van der Waals surface area contributed by atoms with Gasteiger partial charge in [0.1, 0.15) is 0 Å². The van der Waals surface area contributed by atoms with Crippen molar-refractivity contribution >= 4 is 33.4 Å². The van der Waals surface area contributed by atoms with E-state index in [0.29, 0.717) is 29.9 Å². The number of hydrogen-bond donors (Lipinski definition) is 1. The van der Waals surface area contributed by atoms with Crippen molar-refractivity contribution in [1.29, 1.82) is 0 Å². The van der Waals surface area contributed by atoms with Gasteiger partial charge in [-0.05, 0) is 43.2 Å². The first-order valence-electron chi connectivity index (χ1n) is 9.73. The molecule has 0 aliphatic carbocycles. The van der Waals surface area contributed by atoms with Gasteiger partial charge in [0.25, 0.3) is 11.8 Å². The predicted octanol–water partition coefficient (Wildman–Crippen LogP) is 2.10. The molecule has 30 heavy (non-hydrogen) atoms. The number of anilines is 1. The van der Waals surface area contributed by atoms with Crippen LogP contribution in [0, 0.1) is 0 Å². The molecule has 1 fully saturated rings. The quantitative estimate of drug-likeness (QED) is 0.711. The van der Waals surface area contributed by atoms with Crippen LogP contribution in [0.1, 0.15) is 40.0 Å². The van der Waals surface area contributed by atoms with E-state index in [9.17, 15) is 22.8 Å². The highest BCUT2D eigenvalue weighted by molar-refractivity contribution is 7.89. The van der Waals surface area contributed by atoms with E-state index in [-0.39, 0.29) is 17.9 Å². The molecule has 2 aromatic rings. The lowest BCUT2D eigenvalue weighted by Crippen LogP contribution is -2.33. The lowest BCUT2D eigenvalue weighted by molar-refractivity contribution is -0.116. The molecule has 0 aromatic heterocycles. The average molecular weight is 427 g/mol. The van der Waals surface area contributed by atoms with Crippen molar-refractivity contribution in [1.82, 2.24) is 9.21 Å². The van der Waals surface area contributed by atoms with Crippen LogP contribution >= 0.6 is 0 Å². The van der Waals surface area contributed by atoms with Crippen molar-refractivity contribution in [2.45, 2.75) is 24.2 Å². The van der Waals surface area contributed by atoms with Crippen molar-refractivity contribution in [3.63, 3.8) is 0 Å². The number of carbonyl (C=O) groups is 3. The van der Waals surface area contributed by atoms with Crippen LogP contribution in [-0.2, 0) is 14.8 Å². The fourth-order valence-electron chi connectivity index (χ4n) is 3.69. The first-order valence-corrected chi connectivity index (χ1v) is 11.2. The van der Waals surface area contributed by atoms with E-state index >= 15 is 0 Å². The second kappa shape index (κ2) is 8.00. The predicted molar refractivity (Wildman–Crippen MR) is 109 cm³/mol. The number of nitrogens with zero attached hydrogens (tertiary/aromatic N) is 2. The minimum Gasteiger partial charge on any atom is -0.326 e. The second-order valence-corrected chi connectivity index (χ2v) is 9.18. The monoisotopic (exact) mass is 427 g/mol. The van der Waals surface area contributed by atoms with E-state index in [1.54, 1.807) is 36.4 Å². The standard InChI is InChI=1S/C21H21N3O5S/c25-19(10-13-24-20(26)17-8-1-2-9-18(17)21(24)27)22-15-6-5-7-16(14-15)30(28,29)23-11-3-4-12-23/h1-2,5-9,14H,3-4,10-13H2,(H,22,25). The van der Waals surface area contributed by atoms with Gasteiger partial charge in [-0.15, -0.1) is 0 Å². The summed E-state index contributed by atoms with van der Waals surface area (Å²) >= 11 is 0. The lowest BCUT2D eigenvalue weighted by Gasteiger charge is -2.16. The molecular weight excluding hydrogens is 406 g/mol. The van der Waals surface area contributed by atoms with Crippen molar-refractivity contribution in [2.24, 2.45) is 0 Å². The topological polar surface area (TPSA) is 104 Å². The van der Waals surface area contributed by atoms with Crippen LogP contribution in [0.5, 0.6) is 0 Å². The maximum atomic E-state index is 12.7. The van der Waals surface area contributed by atoms with Crippen molar-refractivity contribution < 1.29 is 22.8 Å². The Balaban J connectivity index is 1.39. The molecule has 1 N–H and O–H groups in total. The zero-order valence-electron chi connectivity index (χ0n) is 16.2. The number of hydrogen-bond acceptors (Lipinski definition) is 5. The van der Waals surface area contributed by atoms with Gasteiger partial charge in [-0.1, -0.05) is 18.2 Å². The van der Waals surface area contributed by atoms with Crippen molar-refractivity contribution in [2.75, 3.05) is 25.0 Å². The Morgan fingerprint density at radius 3 is 2.20 bits per heavy atom. The summed E-state index contributed by atoms with van der Waals surface area (Å²) in [4.78, 5) is 38.3. The Morgan fingerprint density at radius 1 is 0.933 bits per heavy atom. The number of nitrogens with one attached hydrogen (secondary N) is 1. The van der Waals surface area contributed by atoms with Crippen LogP contribution in [0.4, 0.5) is 5.69 Å². The van der Waals surface area contributed by atoms with Gasteiger partial charge in [0.2, 0.25) is 15.9 Å². The summed E-state index contributed by atoms with van der Waals surface area (Å²) in [5.74, 6) is -1.24. The van der Waals surface area contributed by atoms with Gasteiger partial charge in [0, 0.05) is 31.7 Å². The van der Waals surface area contributed by atoms with Crippen LogP contribution in [0.2, 0.25) is 0 Å². The number of imide groups is 1. The lowest BCUT2D eigenvalue weighted by atomic mass is 10.1. The first-order chi connectivity index (χ1) is 14.4. The second-order valence-electron chi connectivity index (χ2n) is 7.24. The normalized spacial score (nSPS) is 16.7. The maximum absolute atomic E-state index is 12.7. The van der Waals surface area contributed by atoms with Gasteiger partial charge in [-0.2, -0.15) is 4.31 Å². The summed E-state index contributed by atoms with van der Waals surface area (Å²) in [5.41, 5.74) is 1.02. The first kappa shape index (κ1) is 20.2. The van der Waals surface area contributed by atoms with Gasteiger partial charge in [0.15, 0.2) is 0 Å². The van der Waals surface area contributed by atoms with Crippen LogP contribution < -0.4 is 5.32 Å². The average Bonchev–Trinajstić information content (AvgIpc) is 3.36. The zero-order valence-corrected chi connectivity index (χ0v) is 17.0. The third-order valence-electron chi connectivity index (χ3n) is 5.26. The minimum atomic E-state index is -3.58. The molecular formula is C21H21N3O5S. The van der Waals surface area contributed by atoms with E-state index < -0.39 is 27.7 Å². The van der Waals surface area contributed by atoms with E-state index in [4.69, 9.17) is 0 Å². The van der Waals surface area contributed by atoms with E-state index in [1.807, 2.05) is 0 Å². The van der Waals surface area contributed by atoms with Crippen LogP contribution in [0.25, 0.3) is 0 Å². The molecule has 3 amide bonds. The highest BCUT2D eigenvalue weighted by Crippen LogP contribution is 2.24. The summed E-state index contributed by atoms with van der Waals surface area (Å²) in [6.07, 6.45) is 1.59. The van der Waals surface area contributed by atoms with Gasteiger partial charge in [-0.3, -0.25) is 19.3 Å². The molecule has 1 saturated heterocycles. The molecule has 0 unspecified atom stereocenters. The molecule has 0 spiro atoms. The van der Waals surface area contributed by atoms with Gasteiger partial charge in [0.05, 0.1) is 16.0 Å². The Labute approximate surface area is 174 Å². The Bertz CT molecular complexity index is 1090. The molecule has 0 radical (unpaired) electrons. The molecule has 2 aromatic carbocycles. The number of carbonyl (C=O) groups excluding carboxylic acids is 3. The van der Waals surface area contributed by atoms with Crippen molar-refractivity contribution in [3.05, 3.63) is 59.7 Å².